The molecule has 1 aliphatic rings. The summed E-state index contributed by atoms with van der Waals surface area (Å²) in [5.41, 5.74) is 2.32. The summed E-state index contributed by atoms with van der Waals surface area (Å²) in [7, 11) is 0. The predicted octanol–water partition coefficient (Wildman–Crippen LogP) is 3.72. The zero-order valence-corrected chi connectivity index (χ0v) is 15.6. The van der Waals surface area contributed by atoms with Crippen molar-refractivity contribution in [2.24, 2.45) is 0 Å². The molecule has 1 saturated heterocycles. The first kappa shape index (κ1) is 18.4. The predicted molar refractivity (Wildman–Crippen MR) is 108 cm³/mol. The van der Waals surface area contributed by atoms with E-state index in [1.54, 1.807) is 42.5 Å². The van der Waals surface area contributed by atoms with Gasteiger partial charge in [0.2, 0.25) is 0 Å². The largest absolute Gasteiger partial charge is 0.508 e. The highest BCUT2D eigenvalue weighted by Crippen LogP contribution is 2.42. The molecular formula is C23H18N2O4. The number of ketones is 1. The van der Waals surface area contributed by atoms with Gasteiger partial charge in [-0.2, -0.15) is 0 Å². The fourth-order valence-electron chi connectivity index (χ4n) is 3.55. The molecule has 1 fully saturated rings. The Kier molecular flexibility index (Phi) is 4.60. The van der Waals surface area contributed by atoms with E-state index in [1.165, 1.54) is 29.4 Å². The maximum Gasteiger partial charge on any atom is 0.300 e. The Morgan fingerprint density at radius 2 is 1.72 bits per heavy atom. The van der Waals surface area contributed by atoms with E-state index < -0.39 is 17.7 Å². The number of aryl methyl sites for hydroxylation is 1. The van der Waals surface area contributed by atoms with Crippen LogP contribution in [0.15, 0.2) is 78.6 Å². The summed E-state index contributed by atoms with van der Waals surface area (Å²) in [4.78, 5) is 31.2. The van der Waals surface area contributed by atoms with Gasteiger partial charge >= 0.3 is 0 Å². The highest BCUT2D eigenvalue weighted by atomic mass is 16.3. The molecule has 1 atom stereocenters. The van der Waals surface area contributed by atoms with Crippen molar-refractivity contribution in [1.82, 2.24) is 4.98 Å². The average molecular weight is 386 g/mol. The van der Waals surface area contributed by atoms with Gasteiger partial charge in [0, 0.05) is 23.6 Å². The lowest BCUT2D eigenvalue weighted by Gasteiger charge is -2.25. The lowest BCUT2D eigenvalue weighted by Crippen LogP contribution is -2.29. The summed E-state index contributed by atoms with van der Waals surface area (Å²) in [5.74, 6) is -1.80. The first-order valence-electron chi connectivity index (χ1n) is 9.04. The Hall–Kier alpha value is -3.93. The number of aromatic nitrogens is 1. The van der Waals surface area contributed by atoms with Gasteiger partial charge < -0.3 is 10.2 Å². The van der Waals surface area contributed by atoms with Gasteiger partial charge in [0.15, 0.2) is 0 Å². The van der Waals surface area contributed by atoms with Crippen LogP contribution >= 0.6 is 0 Å². The van der Waals surface area contributed by atoms with E-state index >= 15 is 0 Å². The lowest BCUT2D eigenvalue weighted by atomic mass is 9.95. The molecule has 1 aliphatic heterocycles. The van der Waals surface area contributed by atoms with Crippen molar-refractivity contribution in [2.75, 3.05) is 4.90 Å². The van der Waals surface area contributed by atoms with Gasteiger partial charge in [-0.15, -0.1) is 0 Å². The Morgan fingerprint density at radius 1 is 1.00 bits per heavy atom. The summed E-state index contributed by atoms with van der Waals surface area (Å²) in [6, 6.07) is 15.8. The van der Waals surface area contributed by atoms with Crippen molar-refractivity contribution < 1.29 is 19.8 Å². The minimum Gasteiger partial charge on any atom is -0.508 e. The van der Waals surface area contributed by atoms with Crippen LogP contribution in [0.3, 0.4) is 0 Å². The Balaban J connectivity index is 1.97. The number of nitrogens with zero attached hydrogens (tertiary/aromatic N) is 2. The molecule has 1 unspecified atom stereocenters. The summed E-state index contributed by atoms with van der Waals surface area (Å²) in [6.45, 7) is 1.89. The number of aliphatic hydroxyl groups is 1. The molecule has 0 saturated carbocycles. The highest BCUT2D eigenvalue weighted by Gasteiger charge is 2.47. The number of phenolic OH excluding ortho intramolecular Hbond substituents is 1. The second-order valence-corrected chi connectivity index (χ2v) is 6.84. The summed E-state index contributed by atoms with van der Waals surface area (Å²) < 4.78 is 0. The Morgan fingerprint density at radius 3 is 2.41 bits per heavy atom. The van der Waals surface area contributed by atoms with E-state index in [1.807, 2.05) is 13.0 Å². The number of carbonyl (C=O) groups excluding carboxylic acids is 2. The summed E-state index contributed by atoms with van der Waals surface area (Å²) in [6.07, 6.45) is 2.99. The van der Waals surface area contributed by atoms with Crippen LogP contribution in [0, 0.1) is 6.92 Å². The SMILES string of the molecule is Cc1cccc(N2C(=O)C(=O)/C(=C(/O)c3ccncc3)C2c2cccc(O)c2)c1. The number of hydrogen-bond acceptors (Lipinski definition) is 5. The number of hydrogen-bond donors (Lipinski definition) is 2. The quantitative estimate of drug-likeness (QED) is 0.407. The Bertz CT molecular complexity index is 1140. The van der Waals surface area contributed by atoms with Crippen LogP contribution < -0.4 is 4.90 Å². The number of aromatic hydroxyl groups is 1. The molecule has 1 amide bonds. The van der Waals surface area contributed by atoms with Crippen molar-refractivity contribution in [3.63, 3.8) is 0 Å². The van der Waals surface area contributed by atoms with Crippen molar-refractivity contribution in [1.29, 1.82) is 0 Å². The molecule has 6 heteroatoms. The number of rotatable bonds is 3. The van der Waals surface area contributed by atoms with Crippen LogP contribution in [0.1, 0.15) is 22.7 Å². The minimum atomic E-state index is -0.878. The van der Waals surface area contributed by atoms with Gasteiger partial charge in [-0.1, -0.05) is 24.3 Å². The molecule has 0 spiro atoms. The summed E-state index contributed by atoms with van der Waals surface area (Å²) >= 11 is 0. The van der Waals surface area contributed by atoms with Crippen molar-refractivity contribution in [2.45, 2.75) is 13.0 Å². The molecule has 0 radical (unpaired) electrons. The third kappa shape index (κ3) is 3.25. The number of amides is 1. The standard InChI is InChI=1S/C23H18N2O4/c1-14-4-2-6-17(12-14)25-20(16-5-3-7-18(26)13-16)19(22(28)23(25)29)21(27)15-8-10-24-11-9-15/h2-13,20,26-27H,1H3/b21-19+. The Labute approximate surface area is 167 Å². The second kappa shape index (κ2) is 7.24. The van der Waals surface area contributed by atoms with E-state index in [4.69, 9.17) is 0 Å². The van der Waals surface area contributed by atoms with E-state index in [-0.39, 0.29) is 17.1 Å². The number of Topliss-reactive ketones (excluding diaryl/α,β-unsaturated/α-hetero) is 1. The molecule has 0 bridgehead atoms. The minimum absolute atomic E-state index is 0.00115. The number of carbonyl (C=O) groups is 2. The van der Waals surface area contributed by atoms with E-state index in [9.17, 15) is 19.8 Å². The molecule has 144 valence electrons. The zero-order chi connectivity index (χ0) is 20.5. The third-order valence-electron chi connectivity index (χ3n) is 4.86. The molecule has 2 aromatic carbocycles. The second-order valence-electron chi connectivity index (χ2n) is 6.84. The van der Waals surface area contributed by atoms with E-state index in [2.05, 4.69) is 4.98 Å². The van der Waals surface area contributed by atoms with Gasteiger partial charge in [0.05, 0.1) is 11.6 Å². The maximum absolute atomic E-state index is 13.0. The van der Waals surface area contributed by atoms with E-state index in [0.717, 1.165) is 5.56 Å². The van der Waals surface area contributed by atoms with Gasteiger partial charge in [0.1, 0.15) is 11.5 Å². The molecule has 1 aromatic heterocycles. The van der Waals surface area contributed by atoms with Crippen molar-refractivity contribution >= 4 is 23.1 Å². The van der Waals surface area contributed by atoms with Crippen LogP contribution in [-0.2, 0) is 9.59 Å². The highest BCUT2D eigenvalue weighted by molar-refractivity contribution is 6.51. The third-order valence-corrected chi connectivity index (χ3v) is 4.86. The molecular weight excluding hydrogens is 368 g/mol. The van der Waals surface area contributed by atoms with Gasteiger partial charge in [-0.05, 0) is 54.4 Å². The van der Waals surface area contributed by atoms with Crippen LogP contribution in [0.25, 0.3) is 5.76 Å². The number of anilines is 1. The number of aliphatic hydroxyl groups excluding tert-OH is 1. The topological polar surface area (TPSA) is 90.7 Å². The molecule has 0 aliphatic carbocycles. The van der Waals surface area contributed by atoms with Crippen molar-refractivity contribution in [3.8, 4) is 5.75 Å². The number of pyridine rings is 1. The number of benzene rings is 2. The van der Waals surface area contributed by atoms with Gasteiger partial charge in [-0.3, -0.25) is 19.5 Å². The molecule has 29 heavy (non-hydrogen) atoms. The first-order valence-corrected chi connectivity index (χ1v) is 9.04. The maximum atomic E-state index is 13.0. The first-order chi connectivity index (χ1) is 14.0. The van der Waals surface area contributed by atoms with Crippen molar-refractivity contribution in [3.05, 3.63) is 95.3 Å². The van der Waals surface area contributed by atoms with Gasteiger partial charge in [0.25, 0.3) is 11.7 Å². The van der Waals surface area contributed by atoms with Crippen LogP contribution in [0.2, 0.25) is 0 Å². The van der Waals surface area contributed by atoms with Crippen LogP contribution in [0.4, 0.5) is 5.69 Å². The van der Waals surface area contributed by atoms with Gasteiger partial charge in [-0.25, -0.2) is 0 Å². The normalized spacial score (nSPS) is 18.2. The molecule has 2 heterocycles. The zero-order valence-electron chi connectivity index (χ0n) is 15.6. The monoisotopic (exact) mass is 386 g/mol. The molecule has 3 aromatic rings. The fourth-order valence-corrected chi connectivity index (χ4v) is 3.55. The molecule has 6 nitrogen and oxygen atoms in total. The molecule has 4 rings (SSSR count). The van der Waals surface area contributed by atoms with Crippen LogP contribution in [-0.4, -0.2) is 26.9 Å². The smallest absolute Gasteiger partial charge is 0.300 e. The van der Waals surface area contributed by atoms with Crippen LogP contribution in [0.5, 0.6) is 5.75 Å². The average Bonchev–Trinajstić information content (AvgIpc) is 2.99. The van der Waals surface area contributed by atoms with E-state index in [0.29, 0.717) is 16.8 Å². The molecule has 2 N–H and O–H groups in total. The summed E-state index contributed by atoms with van der Waals surface area (Å²) in [5, 5.41) is 20.9. The number of phenols is 1. The lowest BCUT2D eigenvalue weighted by molar-refractivity contribution is -0.132. The fraction of sp³-hybridized carbons (Fsp3) is 0.0870.